The lowest BCUT2D eigenvalue weighted by atomic mass is 9.94. The summed E-state index contributed by atoms with van der Waals surface area (Å²) < 4.78 is 10.9. The molecule has 2 aromatic carbocycles. The van der Waals surface area contributed by atoms with E-state index in [1.807, 2.05) is 68.6 Å². The van der Waals surface area contributed by atoms with Crippen molar-refractivity contribution in [2.24, 2.45) is 0 Å². The van der Waals surface area contributed by atoms with E-state index < -0.39 is 6.04 Å². The van der Waals surface area contributed by atoms with E-state index in [1.165, 1.54) is 4.90 Å². The van der Waals surface area contributed by atoms with E-state index in [4.69, 9.17) is 9.26 Å². The minimum absolute atomic E-state index is 0.156. The van der Waals surface area contributed by atoms with Crippen LogP contribution in [-0.4, -0.2) is 41.0 Å². The van der Waals surface area contributed by atoms with E-state index in [-0.39, 0.29) is 6.03 Å². The number of urea groups is 1. The third-order valence-electron chi connectivity index (χ3n) is 5.37. The molecule has 0 saturated carbocycles. The number of nitrogens with one attached hydrogen (secondary N) is 1. The number of nitrogens with zero attached hydrogens (tertiary/aromatic N) is 3. The molecular formula is C23H24N4O3S. The molecule has 1 aliphatic heterocycles. The van der Waals surface area contributed by atoms with Crippen molar-refractivity contribution in [1.82, 2.24) is 20.4 Å². The molecule has 0 spiro atoms. The summed E-state index contributed by atoms with van der Waals surface area (Å²) in [4.78, 5) is 20.2. The predicted molar refractivity (Wildman–Crippen MR) is 121 cm³/mol. The molecule has 1 aromatic heterocycles. The van der Waals surface area contributed by atoms with Crippen molar-refractivity contribution in [3.8, 4) is 17.1 Å². The highest BCUT2D eigenvalue weighted by Crippen LogP contribution is 2.37. The van der Waals surface area contributed by atoms with Gasteiger partial charge in [0.05, 0.1) is 18.7 Å². The second-order valence-electron chi connectivity index (χ2n) is 7.05. The molecule has 1 unspecified atom stereocenters. The van der Waals surface area contributed by atoms with Crippen LogP contribution in [-0.2, 0) is 0 Å². The van der Waals surface area contributed by atoms with Crippen LogP contribution < -0.4 is 10.1 Å². The van der Waals surface area contributed by atoms with E-state index in [1.54, 1.807) is 23.8 Å². The van der Waals surface area contributed by atoms with E-state index in [2.05, 4.69) is 15.5 Å². The topological polar surface area (TPSA) is 80.5 Å². The molecule has 0 bridgehead atoms. The molecule has 3 aromatic rings. The Balaban J connectivity index is 1.76. The summed E-state index contributed by atoms with van der Waals surface area (Å²) in [7, 11) is 1.62. The minimum atomic E-state index is -0.409. The lowest BCUT2D eigenvalue weighted by molar-refractivity contribution is 0.207. The molecule has 1 N–H and O–H groups in total. The Morgan fingerprint density at radius 1 is 1.16 bits per heavy atom. The van der Waals surface area contributed by atoms with Gasteiger partial charge < -0.3 is 14.6 Å². The van der Waals surface area contributed by atoms with Crippen LogP contribution in [0, 0.1) is 0 Å². The van der Waals surface area contributed by atoms with Crippen molar-refractivity contribution >= 4 is 23.4 Å². The number of aromatic nitrogens is 2. The second kappa shape index (κ2) is 8.85. The first-order chi connectivity index (χ1) is 15.0. The minimum Gasteiger partial charge on any atom is -0.497 e. The molecule has 0 saturated heterocycles. The number of ether oxygens (including phenoxy) is 1. The van der Waals surface area contributed by atoms with Gasteiger partial charge in [0, 0.05) is 22.7 Å². The van der Waals surface area contributed by atoms with Crippen molar-refractivity contribution in [3.05, 3.63) is 65.7 Å². The number of carbonyl (C=O) groups is 1. The Bertz CT molecular complexity index is 1110. The SMILES string of the molecule is CCN1C(=O)NC(c2ccc(OC)cc2)C(c2nc(-c3ccc(SC)cc3)no2)=C1C. The van der Waals surface area contributed by atoms with Crippen molar-refractivity contribution in [2.75, 3.05) is 19.9 Å². The standard InChI is InChI=1S/C23H24N4O3S/c1-5-27-14(2)19(20(24-23(27)28)15-6-10-17(29-3)11-7-15)22-25-21(26-30-22)16-8-12-18(31-4)13-9-16/h6-13,20H,5H2,1-4H3,(H,24,28). The zero-order valence-corrected chi connectivity index (χ0v) is 18.7. The number of allylic oxidation sites excluding steroid dienone is 1. The molecule has 31 heavy (non-hydrogen) atoms. The third-order valence-corrected chi connectivity index (χ3v) is 6.11. The zero-order chi connectivity index (χ0) is 22.0. The van der Waals surface area contributed by atoms with Crippen LogP contribution in [0.4, 0.5) is 4.79 Å². The van der Waals surface area contributed by atoms with Gasteiger partial charge in [0.15, 0.2) is 0 Å². The van der Waals surface area contributed by atoms with Crippen LogP contribution in [0.1, 0.15) is 31.3 Å². The Morgan fingerprint density at radius 2 is 1.87 bits per heavy atom. The molecule has 160 valence electrons. The third kappa shape index (κ3) is 4.03. The normalized spacial score (nSPS) is 16.5. The van der Waals surface area contributed by atoms with Gasteiger partial charge in [-0.05, 0) is 62.1 Å². The number of thioether (sulfide) groups is 1. The van der Waals surface area contributed by atoms with Gasteiger partial charge in [-0.15, -0.1) is 11.8 Å². The smallest absolute Gasteiger partial charge is 0.322 e. The first-order valence-electron chi connectivity index (χ1n) is 9.97. The van der Waals surface area contributed by atoms with E-state index in [0.717, 1.165) is 28.1 Å². The highest BCUT2D eigenvalue weighted by atomic mass is 32.2. The van der Waals surface area contributed by atoms with Gasteiger partial charge in [-0.1, -0.05) is 17.3 Å². The maximum Gasteiger partial charge on any atom is 0.322 e. The first kappa shape index (κ1) is 21.0. The number of methoxy groups -OCH3 is 1. The molecule has 2 heterocycles. The van der Waals surface area contributed by atoms with Gasteiger partial charge in [0.2, 0.25) is 5.82 Å². The van der Waals surface area contributed by atoms with Gasteiger partial charge in [0.1, 0.15) is 5.75 Å². The number of hydrogen-bond acceptors (Lipinski definition) is 6. The Labute approximate surface area is 185 Å². The van der Waals surface area contributed by atoms with E-state index in [0.29, 0.717) is 18.3 Å². The monoisotopic (exact) mass is 436 g/mol. The molecule has 1 aliphatic rings. The Hall–Kier alpha value is -3.26. The number of benzene rings is 2. The molecule has 4 rings (SSSR count). The van der Waals surface area contributed by atoms with Crippen LogP contribution in [0.15, 0.2) is 63.6 Å². The van der Waals surface area contributed by atoms with Crippen LogP contribution >= 0.6 is 11.8 Å². The lowest BCUT2D eigenvalue weighted by Crippen LogP contribution is -2.45. The average Bonchev–Trinajstić information content (AvgIpc) is 3.29. The molecule has 7 nitrogen and oxygen atoms in total. The van der Waals surface area contributed by atoms with E-state index >= 15 is 0 Å². The van der Waals surface area contributed by atoms with Crippen molar-refractivity contribution in [3.63, 3.8) is 0 Å². The fourth-order valence-electron chi connectivity index (χ4n) is 3.68. The number of carbonyl (C=O) groups excluding carboxylic acids is 1. The fraction of sp³-hybridized carbons (Fsp3) is 0.261. The highest BCUT2D eigenvalue weighted by Gasteiger charge is 2.35. The summed E-state index contributed by atoms with van der Waals surface area (Å²) in [6.07, 6.45) is 2.03. The zero-order valence-electron chi connectivity index (χ0n) is 17.9. The van der Waals surface area contributed by atoms with Crippen molar-refractivity contribution in [2.45, 2.75) is 24.8 Å². The Morgan fingerprint density at radius 3 is 2.48 bits per heavy atom. The first-order valence-corrected chi connectivity index (χ1v) is 11.2. The van der Waals surface area contributed by atoms with Crippen molar-refractivity contribution in [1.29, 1.82) is 0 Å². The summed E-state index contributed by atoms with van der Waals surface area (Å²) in [5.74, 6) is 1.65. The van der Waals surface area contributed by atoms with Gasteiger partial charge in [0.25, 0.3) is 5.89 Å². The maximum absolute atomic E-state index is 12.7. The lowest BCUT2D eigenvalue weighted by Gasteiger charge is -2.34. The summed E-state index contributed by atoms with van der Waals surface area (Å²) in [6.45, 7) is 4.37. The summed E-state index contributed by atoms with van der Waals surface area (Å²) in [5, 5.41) is 7.27. The summed E-state index contributed by atoms with van der Waals surface area (Å²) >= 11 is 1.68. The second-order valence-corrected chi connectivity index (χ2v) is 7.93. The quantitative estimate of drug-likeness (QED) is 0.549. The molecule has 1 atom stereocenters. The largest absolute Gasteiger partial charge is 0.497 e. The van der Waals surface area contributed by atoms with Crippen molar-refractivity contribution < 1.29 is 14.1 Å². The number of amides is 2. The molecule has 0 radical (unpaired) electrons. The molecule has 8 heteroatoms. The van der Waals surface area contributed by atoms with Gasteiger partial charge >= 0.3 is 6.03 Å². The van der Waals surface area contributed by atoms with Crippen LogP contribution in [0.3, 0.4) is 0 Å². The Kier molecular flexibility index (Phi) is 5.99. The number of rotatable bonds is 6. The van der Waals surface area contributed by atoms with Crippen LogP contribution in [0.25, 0.3) is 17.0 Å². The fourth-order valence-corrected chi connectivity index (χ4v) is 4.08. The van der Waals surface area contributed by atoms with Crippen LogP contribution in [0.5, 0.6) is 5.75 Å². The van der Waals surface area contributed by atoms with Gasteiger partial charge in [-0.3, -0.25) is 4.90 Å². The average molecular weight is 437 g/mol. The van der Waals surface area contributed by atoms with E-state index in [9.17, 15) is 4.79 Å². The molecule has 2 amide bonds. The molecule has 0 aliphatic carbocycles. The highest BCUT2D eigenvalue weighted by molar-refractivity contribution is 7.98. The molecule has 0 fully saturated rings. The predicted octanol–water partition coefficient (Wildman–Crippen LogP) is 4.98. The summed E-state index contributed by atoms with van der Waals surface area (Å²) in [6, 6.07) is 15.0. The van der Waals surface area contributed by atoms with Gasteiger partial charge in [-0.2, -0.15) is 4.98 Å². The van der Waals surface area contributed by atoms with Crippen LogP contribution in [0.2, 0.25) is 0 Å². The number of hydrogen-bond donors (Lipinski definition) is 1. The molecular weight excluding hydrogens is 412 g/mol. The maximum atomic E-state index is 12.7. The summed E-state index contributed by atoms with van der Waals surface area (Å²) in [5.41, 5.74) is 3.36. The van der Waals surface area contributed by atoms with Gasteiger partial charge in [-0.25, -0.2) is 4.79 Å².